The molecule has 3 rings (SSSR count). The molecule has 5 nitrogen and oxygen atoms in total. The predicted octanol–water partition coefficient (Wildman–Crippen LogP) is 3.51. The van der Waals surface area contributed by atoms with E-state index in [9.17, 15) is 8.78 Å². The summed E-state index contributed by atoms with van der Waals surface area (Å²) in [4.78, 5) is 4.06. The number of nitrogen functional groups attached to an aromatic ring is 1. The minimum absolute atomic E-state index is 0.00150. The van der Waals surface area contributed by atoms with E-state index < -0.39 is 17.4 Å². The van der Waals surface area contributed by atoms with Crippen LogP contribution in [0, 0.1) is 18.6 Å². The zero-order chi connectivity index (χ0) is 17.8. The first-order chi connectivity index (χ1) is 12.0. The van der Waals surface area contributed by atoms with E-state index in [-0.39, 0.29) is 12.6 Å². The first-order valence-electron chi connectivity index (χ1n) is 7.55. The van der Waals surface area contributed by atoms with Gasteiger partial charge in [-0.25, -0.2) is 18.4 Å². The van der Waals surface area contributed by atoms with Gasteiger partial charge in [-0.2, -0.15) is 5.10 Å². The van der Waals surface area contributed by atoms with Crippen LogP contribution in [0.1, 0.15) is 16.8 Å². The Kier molecular flexibility index (Phi) is 4.74. The summed E-state index contributed by atoms with van der Waals surface area (Å²) >= 11 is 0. The minimum Gasteiger partial charge on any atom is -0.483 e. The van der Waals surface area contributed by atoms with Gasteiger partial charge in [-0.1, -0.05) is 30.3 Å². The van der Waals surface area contributed by atoms with Crippen molar-refractivity contribution in [2.24, 2.45) is 5.10 Å². The molecule has 2 aromatic carbocycles. The largest absolute Gasteiger partial charge is 0.483 e. The highest BCUT2D eigenvalue weighted by molar-refractivity contribution is 5.81. The second-order valence-electron chi connectivity index (χ2n) is 5.37. The van der Waals surface area contributed by atoms with Gasteiger partial charge in [0.05, 0.1) is 18.1 Å². The van der Waals surface area contributed by atoms with Gasteiger partial charge in [0.25, 0.3) is 0 Å². The van der Waals surface area contributed by atoms with Gasteiger partial charge in [0.1, 0.15) is 6.61 Å². The Morgan fingerprint density at radius 1 is 1.16 bits per heavy atom. The van der Waals surface area contributed by atoms with Crippen LogP contribution < -0.4 is 10.5 Å². The van der Waals surface area contributed by atoms with Crippen molar-refractivity contribution in [1.29, 1.82) is 0 Å². The zero-order valence-corrected chi connectivity index (χ0v) is 13.5. The molecule has 0 aliphatic rings. The number of nitrogens with two attached hydrogens (primary N) is 1. The van der Waals surface area contributed by atoms with Crippen LogP contribution in [-0.4, -0.2) is 15.9 Å². The number of rotatable bonds is 5. The molecule has 1 heterocycles. The van der Waals surface area contributed by atoms with E-state index in [0.717, 1.165) is 29.0 Å². The maximum atomic E-state index is 13.7. The zero-order valence-electron chi connectivity index (χ0n) is 13.5. The van der Waals surface area contributed by atoms with Gasteiger partial charge in [0, 0.05) is 5.56 Å². The van der Waals surface area contributed by atoms with Crippen molar-refractivity contribution < 1.29 is 13.5 Å². The lowest BCUT2D eigenvalue weighted by atomic mass is 10.1. The summed E-state index contributed by atoms with van der Waals surface area (Å²) in [6.07, 6.45) is 3.29. The van der Waals surface area contributed by atoms with Crippen molar-refractivity contribution in [2.75, 3.05) is 5.73 Å². The number of imidazole rings is 1. The van der Waals surface area contributed by atoms with Crippen molar-refractivity contribution in [3.63, 3.8) is 0 Å². The Morgan fingerprint density at radius 2 is 1.88 bits per heavy atom. The number of hydrogen-bond acceptors (Lipinski definition) is 4. The second kappa shape index (κ2) is 7.12. The molecule has 0 bridgehead atoms. The molecule has 0 aliphatic carbocycles. The lowest BCUT2D eigenvalue weighted by Crippen LogP contribution is -2.03. The lowest BCUT2D eigenvalue weighted by molar-refractivity contribution is 0.274. The molecule has 0 fully saturated rings. The van der Waals surface area contributed by atoms with Crippen LogP contribution in [0.3, 0.4) is 0 Å². The highest BCUT2D eigenvalue weighted by Crippen LogP contribution is 2.22. The summed E-state index contributed by atoms with van der Waals surface area (Å²) in [7, 11) is 0. The number of aromatic nitrogens is 2. The molecule has 0 saturated carbocycles. The molecule has 0 spiro atoms. The Morgan fingerprint density at radius 3 is 2.56 bits per heavy atom. The van der Waals surface area contributed by atoms with Crippen molar-refractivity contribution in [3.8, 4) is 5.75 Å². The van der Waals surface area contributed by atoms with Crippen LogP contribution in [0.25, 0.3) is 0 Å². The molecular weight excluding hydrogens is 326 g/mol. The van der Waals surface area contributed by atoms with E-state index >= 15 is 0 Å². The number of benzene rings is 2. The smallest absolute Gasteiger partial charge is 0.221 e. The van der Waals surface area contributed by atoms with Gasteiger partial charge in [0.2, 0.25) is 5.95 Å². The van der Waals surface area contributed by atoms with E-state index in [2.05, 4.69) is 10.1 Å². The quantitative estimate of drug-likeness (QED) is 0.722. The number of hydrogen-bond donors (Lipinski definition) is 1. The third-order valence-corrected chi connectivity index (χ3v) is 3.50. The van der Waals surface area contributed by atoms with Gasteiger partial charge in [-0.3, -0.25) is 0 Å². The van der Waals surface area contributed by atoms with Gasteiger partial charge in [-0.15, -0.1) is 0 Å². The summed E-state index contributed by atoms with van der Waals surface area (Å²) in [6, 6.07) is 10.8. The Bertz CT molecular complexity index is 901. The Balaban J connectivity index is 1.80. The number of halogens is 2. The number of para-hydroxylation sites is 1. The van der Waals surface area contributed by atoms with Crippen LogP contribution in [0.5, 0.6) is 5.75 Å². The standard InChI is InChI=1S/C18H16F2N4O/c1-12-10-24(18(21)23-12)22-9-13-5-2-3-6-14(13)11-25-17-15(19)7-4-8-16(17)20/h2-10H,11H2,1H3,(H2,21,23). The molecule has 0 radical (unpaired) electrons. The molecule has 2 N–H and O–H groups in total. The molecule has 1 aromatic heterocycles. The van der Waals surface area contributed by atoms with Crippen LogP contribution >= 0.6 is 0 Å². The molecule has 0 unspecified atom stereocenters. The molecule has 0 saturated heterocycles. The molecule has 7 heteroatoms. The number of anilines is 1. The maximum Gasteiger partial charge on any atom is 0.221 e. The summed E-state index contributed by atoms with van der Waals surface area (Å²) in [5.74, 6) is -1.61. The van der Waals surface area contributed by atoms with Crippen molar-refractivity contribution in [2.45, 2.75) is 13.5 Å². The molecular formula is C18H16F2N4O. The fraction of sp³-hybridized carbons (Fsp3) is 0.111. The fourth-order valence-corrected chi connectivity index (χ4v) is 2.28. The number of aryl methyl sites for hydroxylation is 1. The predicted molar refractivity (Wildman–Crippen MR) is 91.5 cm³/mol. The first kappa shape index (κ1) is 16.6. The lowest BCUT2D eigenvalue weighted by Gasteiger charge is -2.10. The maximum absolute atomic E-state index is 13.7. The minimum atomic E-state index is -0.743. The fourth-order valence-electron chi connectivity index (χ4n) is 2.28. The van der Waals surface area contributed by atoms with Gasteiger partial charge in [0.15, 0.2) is 17.4 Å². The van der Waals surface area contributed by atoms with Crippen LogP contribution in [0.4, 0.5) is 14.7 Å². The Hall–Kier alpha value is -3.22. The summed E-state index contributed by atoms with van der Waals surface area (Å²) < 4.78 is 34.1. The molecule has 25 heavy (non-hydrogen) atoms. The average Bonchev–Trinajstić information content (AvgIpc) is 2.91. The van der Waals surface area contributed by atoms with Crippen LogP contribution in [0.2, 0.25) is 0 Å². The monoisotopic (exact) mass is 342 g/mol. The van der Waals surface area contributed by atoms with E-state index in [4.69, 9.17) is 10.5 Å². The Labute approximate surface area is 143 Å². The van der Waals surface area contributed by atoms with Gasteiger partial charge >= 0.3 is 0 Å². The van der Waals surface area contributed by atoms with Crippen molar-refractivity contribution in [3.05, 3.63) is 77.1 Å². The van der Waals surface area contributed by atoms with Gasteiger partial charge in [-0.05, 0) is 24.6 Å². The summed E-state index contributed by atoms with van der Waals surface area (Å²) in [5, 5.41) is 4.25. The highest BCUT2D eigenvalue weighted by Gasteiger charge is 2.10. The van der Waals surface area contributed by atoms with E-state index in [1.807, 2.05) is 25.1 Å². The summed E-state index contributed by atoms with van der Waals surface area (Å²) in [6.45, 7) is 1.81. The van der Waals surface area contributed by atoms with Crippen molar-refractivity contribution >= 4 is 12.2 Å². The van der Waals surface area contributed by atoms with Gasteiger partial charge < -0.3 is 10.5 Å². The topological polar surface area (TPSA) is 65.4 Å². The highest BCUT2D eigenvalue weighted by atomic mass is 19.1. The molecule has 0 atom stereocenters. The third-order valence-electron chi connectivity index (χ3n) is 3.50. The first-order valence-corrected chi connectivity index (χ1v) is 7.55. The normalized spacial score (nSPS) is 11.2. The van der Waals surface area contributed by atoms with E-state index in [0.29, 0.717) is 0 Å². The molecule has 128 valence electrons. The molecule has 0 aliphatic heterocycles. The van der Waals surface area contributed by atoms with E-state index in [1.54, 1.807) is 18.5 Å². The van der Waals surface area contributed by atoms with Crippen LogP contribution in [0.15, 0.2) is 53.8 Å². The SMILES string of the molecule is Cc1cn(N=Cc2ccccc2COc2c(F)cccc2F)c(N)n1. The molecule has 3 aromatic rings. The van der Waals surface area contributed by atoms with Crippen LogP contribution in [-0.2, 0) is 6.61 Å². The number of ether oxygens (including phenoxy) is 1. The second-order valence-corrected chi connectivity index (χ2v) is 5.37. The summed E-state index contributed by atoms with van der Waals surface area (Å²) in [5.41, 5.74) is 7.96. The average molecular weight is 342 g/mol. The third kappa shape index (κ3) is 3.82. The van der Waals surface area contributed by atoms with E-state index in [1.165, 1.54) is 10.7 Å². The van der Waals surface area contributed by atoms with Crippen molar-refractivity contribution in [1.82, 2.24) is 9.66 Å². The number of nitrogens with zero attached hydrogens (tertiary/aromatic N) is 3. The molecule has 0 amide bonds.